The van der Waals surface area contributed by atoms with Gasteiger partial charge in [0.1, 0.15) is 5.75 Å². The van der Waals surface area contributed by atoms with Crippen LogP contribution in [0.5, 0.6) is 5.75 Å². The first-order valence-electron chi connectivity index (χ1n) is 11.2. The summed E-state index contributed by atoms with van der Waals surface area (Å²) in [7, 11) is 1.69. The topological polar surface area (TPSA) is 45.3 Å². The number of nitrogens with zero attached hydrogens (tertiary/aromatic N) is 1. The number of hydrogen-bond donors (Lipinski definition) is 1. The zero-order valence-corrected chi connectivity index (χ0v) is 18.8. The monoisotopic (exact) mass is 424 g/mol. The highest BCUT2D eigenvalue weighted by atomic mass is 16.5. The Balaban J connectivity index is 1.75. The van der Waals surface area contributed by atoms with E-state index in [1.807, 2.05) is 36.4 Å². The summed E-state index contributed by atoms with van der Waals surface area (Å²) in [6, 6.07) is 24.4. The molecule has 0 fully saturated rings. The van der Waals surface area contributed by atoms with Crippen molar-refractivity contribution in [3.05, 3.63) is 89.5 Å². The van der Waals surface area contributed by atoms with Crippen LogP contribution in [0.2, 0.25) is 0 Å². The number of carbonyl (C=O) groups excluding carboxylic acids is 1. The molecule has 4 heteroatoms. The van der Waals surface area contributed by atoms with Gasteiger partial charge in [-0.05, 0) is 42.2 Å². The third-order valence-corrected chi connectivity index (χ3v) is 6.38. The summed E-state index contributed by atoms with van der Waals surface area (Å²) in [5.41, 5.74) is 6.19. The van der Waals surface area contributed by atoms with Crippen LogP contribution >= 0.6 is 0 Å². The molecule has 32 heavy (non-hydrogen) atoms. The molecule has 1 aliphatic heterocycles. The summed E-state index contributed by atoms with van der Waals surface area (Å²) in [5, 5.41) is 1.15. The van der Waals surface area contributed by atoms with Crippen LogP contribution in [0.1, 0.15) is 47.8 Å². The summed E-state index contributed by atoms with van der Waals surface area (Å²) < 4.78 is 5.50. The first kappa shape index (κ1) is 20.4. The van der Waals surface area contributed by atoms with E-state index in [9.17, 15) is 4.79 Å². The minimum Gasteiger partial charge on any atom is -0.497 e. The van der Waals surface area contributed by atoms with Gasteiger partial charge in [-0.1, -0.05) is 62.4 Å². The zero-order chi connectivity index (χ0) is 22.2. The summed E-state index contributed by atoms with van der Waals surface area (Å²) in [5.74, 6) is 1.45. The lowest BCUT2D eigenvalue weighted by molar-refractivity contribution is 0.0743. The smallest absolute Gasteiger partial charge is 0.255 e. The number of hydrogen-bond acceptors (Lipinski definition) is 2. The molecule has 0 spiro atoms. The van der Waals surface area contributed by atoms with E-state index in [4.69, 9.17) is 4.74 Å². The molecule has 1 N–H and O–H groups in total. The number of amides is 1. The molecule has 4 aromatic rings. The summed E-state index contributed by atoms with van der Waals surface area (Å²) >= 11 is 0. The Labute approximate surface area is 188 Å². The number of H-pyrrole nitrogens is 1. The zero-order valence-electron chi connectivity index (χ0n) is 18.8. The molecule has 0 saturated carbocycles. The van der Waals surface area contributed by atoms with Gasteiger partial charge in [0.25, 0.3) is 5.91 Å². The molecule has 2 heterocycles. The second-order valence-electron chi connectivity index (χ2n) is 8.86. The van der Waals surface area contributed by atoms with Gasteiger partial charge in [-0.3, -0.25) is 4.79 Å². The largest absolute Gasteiger partial charge is 0.497 e. The van der Waals surface area contributed by atoms with Crippen molar-refractivity contribution in [1.82, 2.24) is 9.88 Å². The SMILES string of the molecule is COc1cccc(-c2[nH]c3ccccc3c2C2c3ccccc3C(=O)N2CCC(C)C)c1. The number of benzene rings is 3. The van der Waals surface area contributed by atoms with Crippen molar-refractivity contribution in [2.75, 3.05) is 13.7 Å². The molecule has 4 nitrogen and oxygen atoms in total. The van der Waals surface area contributed by atoms with Gasteiger partial charge >= 0.3 is 0 Å². The fraction of sp³-hybridized carbons (Fsp3) is 0.250. The third kappa shape index (κ3) is 3.36. The van der Waals surface area contributed by atoms with Gasteiger partial charge in [-0.15, -0.1) is 0 Å². The second kappa shape index (κ2) is 8.19. The lowest BCUT2D eigenvalue weighted by Crippen LogP contribution is -2.30. The first-order valence-corrected chi connectivity index (χ1v) is 11.2. The molecule has 0 aliphatic carbocycles. The van der Waals surface area contributed by atoms with Gasteiger partial charge in [0.2, 0.25) is 0 Å². The van der Waals surface area contributed by atoms with E-state index in [0.29, 0.717) is 5.92 Å². The number of fused-ring (bicyclic) bond motifs is 2. The van der Waals surface area contributed by atoms with E-state index in [2.05, 4.69) is 60.1 Å². The number of aromatic amines is 1. The van der Waals surface area contributed by atoms with Crippen LogP contribution in [-0.4, -0.2) is 29.4 Å². The number of para-hydroxylation sites is 1. The highest BCUT2D eigenvalue weighted by Gasteiger charge is 2.39. The molecule has 1 amide bonds. The van der Waals surface area contributed by atoms with Crippen LogP contribution in [0.15, 0.2) is 72.8 Å². The quantitative estimate of drug-likeness (QED) is 0.387. The molecule has 1 atom stereocenters. The fourth-order valence-electron chi connectivity index (χ4n) is 4.76. The minimum absolute atomic E-state index is 0.119. The predicted molar refractivity (Wildman–Crippen MR) is 129 cm³/mol. The Morgan fingerprint density at radius 1 is 1.00 bits per heavy atom. The van der Waals surface area contributed by atoms with Gasteiger partial charge in [0, 0.05) is 34.1 Å². The number of aromatic nitrogens is 1. The van der Waals surface area contributed by atoms with Gasteiger partial charge in [-0.25, -0.2) is 0 Å². The number of methoxy groups -OCH3 is 1. The fourth-order valence-corrected chi connectivity index (χ4v) is 4.76. The van der Waals surface area contributed by atoms with Crippen LogP contribution in [0.4, 0.5) is 0 Å². The highest BCUT2D eigenvalue weighted by Crippen LogP contribution is 2.45. The van der Waals surface area contributed by atoms with Crippen molar-refractivity contribution in [3.63, 3.8) is 0 Å². The van der Waals surface area contributed by atoms with Crippen LogP contribution < -0.4 is 4.74 Å². The lowest BCUT2D eigenvalue weighted by atomic mass is 9.93. The summed E-state index contributed by atoms with van der Waals surface area (Å²) in [6.07, 6.45) is 0.965. The van der Waals surface area contributed by atoms with Crippen LogP contribution in [-0.2, 0) is 0 Å². The molecular formula is C28H28N2O2. The maximum Gasteiger partial charge on any atom is 0.255 e. The maximum atomic E-state index is 13.5. The van der Waals surface area contributed by atoms with E-state index in [-0.39, 0.29) is 11.9 Å². The van der Waals surface area contributed by atoms with Gasteiger partial charge in [0.15, 0.2) is 0 Å². The number of ether oxygens (including phenoxy) is 1. The molecule has 0 saturated heterocycles. The van der Waals surface area contributed by atoms with Crippen LogP contribution in [0, 0.1) is 5.92 Å². The van der Waals surface area contributed by atoms with Crippen molar-refractivity contribution >= 4 is 16.8 Å². The van der Waals surface area contributed by atoms with Crippen molar-refractivity contribution < 1.29 is 9.53 Å². The van der Waals surface area contributed by atoms with Crippen LogP contribution in [0.25, 0.3) is 22.2 Å². The lowest BCUT2D eigenvalue weighted by Gasteiger charge is -2.27. The maximum absolute atomic E-state index is 13.5. The molecule has 0 bridgehead atoms. The van der Waals surface area contributed by atoms with Gasteiger partial charge in [0.05, 0.1) is 18.8 Å². The molecule has 1 aliphatic rings. The van der Waals surface area contributed by atoms with Gasteiger partial charge in [-0.2, -0.15) is 0 Å². The van der Waals surface area contributed by atoms with E-state index in [1.54, 1.807) is 7.11 Å². The normalized spacial score (nSPS) is 15.6. The molecular weight excluding hydrogens is 396 g/mol. The average Bonchev–Trinajstić information content (AvgIpc) is 3.33. The first-order chi connectivity index (χ1) is 15.6. The van der Waals surface area contributed by atoms with Crippen molar-refractivity contribution in [2.24, 2.45) is 5.92 Å². The van der Waals surface area contributed by atoms with Gasteiger partial charge < -0.3 is 14.6 Å². The Hall–Kier alpha value is -3.53. The predicted octanol–water partition coefficient (Wildman–Crippen LogP) is 6.43. The Morgan fingerprint density at radius 3 is 2.59 bits per heavy atom. The number of nitrogens with one attached hydrogen (secondary N) is 1. The molecule has 3 aromatic carbocycles. The molecule has 162 valence electrons. The van der Waals surface area contributed by atoms with Crippen molar-refractivity contribution in [1.29, 1.82) is 0 Å². The standard InChI is InChI=1S/C28H28N2O2/c1-18(2)15-16-30-27(21-11-4-5-12-22(21)28(30)31)25-23-13-6-7-14-24(23)29-26(25)19-9-8-10-20(17-19)32-3/h4-14,17-18,27,29H,15-16H2,1-3H3. The third-order valence-electron chi connectivity index (χ3n) is 6.38. The molecule has 1 aromatic heterocycles. The summed E-state index contributed by atoms with van der Waals surface area (Å²) in [4.78, 5) is 19.2. The Morgan fingerprint density at radius 2 is 1.78 bits per heavy atom. The second-order valence-corrected chi connectivity index (χ2v) is 8.86. The Kier molecular flexibility index (Phi) is 5.22. The van der Waals surface area contributed by atoms with Crippen molar-refractivity contribution in [3.8, 4) is 17.0 Å². The molecule has 1 unspecified atom stereocenters. The summed E-state index contributed by atoms with van der Waals surface area (Å²) in [6.45, 7) is 5.14. The minimum atomic E-state index is -0.130. The van der Waals surface area contributed by atoms with Crippen LogP contribution in [0.3, 0.4) is 0 Å². The van der Waals surface area contributed by atoms with E-state index >= 15 is 0 Å². The van der Waals surface area contributed by atoms with E-state index in [1.165, 1.54) is 0 Å². The Bertz CT molecular complexity index is 1290. The average molecular weight is 425 g/mol. The van der Waals surface area contributed by atoms with E-state index < -0.39 is 0 Å². The van der Waals surface area contributed by atoms with E-state index in [0.717, 1.165) is 57.6 Å². The molecule has 0 radical (unpaired) electrons. The van der Waals surface area contributed by atoms with Crippen molar-refractivity contribution in [2.45, 2.75) is 26.3 Å². The molecule has 5 rings (SSSR count). The number of carbonyl (C=O) groups is 1. The number of rotatable bonds is 6. The highest BCUT2D eigenvalue weighted by molar-refractivity contribution is 6.02.